The maximum atomic E-state index is 11.5. The minimum Gasteiger partial charge on any atom is -0.500 e. The van der Waals surface area contributed by atoms with Gasteiger partial charge in [-0.25, -0.2) is 9.59 Å². The molecule has 0 saturated carbocycles. The molecule has 0 aliphatic rings. The van der Waals surface area contributed by atoms with Gasteiger partial charge in [-0.05, 0) is 61.3 Å². The van der Waals surface area contributed by atoms with Gasteiger partial charge < -0.3 is 24.4 Å². The predicted octanol–water partition coefficient (Wildman–Crippen LogP) is 1.68. The zero-order valence-electron chi connectivity index (χ0n) is 27.1. The highest BCUT2D eigenvalue weighted by atomic mass is 16.6. The summed E-state index contributed by atoms with van der Waals surface area (Å²) >= 11 is 0. The number of ether oxygens (including phenoxy) is 3. The van der Waals surface area contributed by atoms with Crippen molar-refractivity contribution < 1.29 is 52.9 Å². The van der Waals surface area contributed by atoms with Crippen LogP contribution in [0.1, 0.15) is 73.4 Å². The number of carbonyl (C=O) groups is 3. The quantitative estimate of drug-likeness (QED) is 0.110. The molecule has 17 heteroatoms. The molecule has 0 spiro atoms. The standard InChI is InChI=1S/C10H16N2O3.C9H14O4.C5H8N2O.C2H6O.2CO2/c1-5-7-6-12(11-8(7)13)9(14)15-10(2,3)4;1-4-12-6-8(7(3)10)9(11)13-5-2;1-2-4-3-6-7-5(4)8;1-2-3;2*2-1-3/h6H,5H2,1-4H3,(H,11,13);6H,4-5H2,1-3H3;3H,2H2,1H3,(H2,6,7,8);3H,2H2,1H3;;/b;8-6-;;;;. The number of nitrogens with one attached hydrogen (secondary N) is 3. The minimum atomic E-state index is -0.636. The van der Waals surface area contributed by atoms with Crippen LogP contribution in [0.4, 0.5) is 4.79 Å². The van der Waals surface area contributed by atoms with E-state index in [0.29, 0.717) is 18.6 Å². The Morgan fingerprint density at radius 2 is 1.40 bits per heavy atom. The van der Waals surface area contributed by atoms with Crippen molar-refractivity contribution in [1.82, 2.24) is 20.0 Å². The van der Waals surface area contributed by atoms with Crippen LogP contribution in [-0.2, 0) is 55.8 Å². The molecular formula is C28H44N4O13. The first-order valence-corrected chi connectivity index (χ1v) is 13.4. The van der Waals surface area contributed by atoms with E-state index in [4.69, 9.17) is 33.8 Å². The van der Waals surface area contributed by atoms with Crippen molar-refractivity contribution in [3.63, 3.8) is 0 Å². The molecule has 254 valence electrons. The highest BCUT2D eigenvalue weighted by Crippen LogP contribution is 2.08. The van der Waals surface area contributed by atoms with Crippen LogP contribution >= 0.6 is 0 Å². The van der Waals surface area contributed by atoms with Crippen molar-refractivity contribution in [2.75, 3.05) is 19.8 Å². The van der Waals surface area contributed by atoms with Crippen LogP contribution in [-0.4, -0.2) is 80.7 Å². The van der Waals surface area contributed by atoms with Gasteiger partial charge in [0.1, 0.15) is 17.4 Å². The molecule has 2 aromatic rings. The summed E-state index contributed by atoms with van der Waals surface area (Å²) < 4.78 is 15.7. The third-order valence-corrected chi connectivity index (χ3v) is 4.12. The van der Waals surface area contributed by atoms with Gasteiger partial charge in [-0.2, -0.15) is 23.9 Å². The highest BCUT2D eigenvalue weighted by Gasteiger charge is 2.18. The SMILES string of the molecule is CCO.CCO/C=C(/C(C)=O)C(=O)OCC.CCc1c[nH][nH]c1=O.CCc1cn(C(=O)OC(C)(C)C)[nH]c1=O.O=C=O.O=C=O. The summed E-state index contributed by atoms with van der Waals surface area (Å²) in [4.78, 5) is 87.8. The summed E-state index contributed by atoms with van der Waals surface area (Å²) in [6, 6.07) is 0. The molecule has 0 unspecified atom stereocenters. The fourth-order valence-electron chi connectivity index (χ4n) is 2.34. The molecule has 0 aromatic carbocycles. The molecule has 2 heterocycles. The molecule has 0 atom stereocenters. The second-order valence-corrected chi connectivity index (χ2v) is 8.67. The molecule has 4 N–H and O–H groups in total. The number of H-pyrrole nitrogens is 3. The lowest BCUT2D eigenvalue weighted by atomic mass is 10.2. The van der Waals surface area contributed by atoms with Gasteiger partial charge in [-0.1, -0.05) is 13.8 Å². The Morgan fingerprint density at radius 3 is 1.69 bits per heavy atom. The van der Waals surface area contributed by atoms with Crippen LogP contribution in [0.3, 0.4) is 0 Å². The summed E-state index contributed by atoms with van der Waals surface area (Å²) in [5, 5.41) is 15.0. The predicted molar refractivity (Wildman–Crippen MR) is 157 cm³/mol. The molecule has 45 heavy (non-hydrogen) atoms. The number of aryl methyl sites for hydroxylation is 2. The molecule has 0 aliphatic heterocycles. The van der Waals surface area contributed by atoms with Gasteiger partial charge in [-0.3, -0.25) is 24.6 Å². The Kier molecular flexibility index (Phi) is 30.2. The van der Waals surface area contributed by atoms with Gasteiger partial charge in [0.25, 0.3) is 11.1 Å². The normalized spacial score (nSPS) is 9.42. The summed E-state index contributed by atoms with van der Waals surface area (Å²) in [6.45, 7) is 16.4. The molecule has 2 aromatic heterocycles. The minimum absolute atomic E-state index is 0.00694. The van der Waals surface area contributed by atoms with E-state index in [9.17, 15) is 24.0 Å². The average molecular weight is 645 g/mol. The second kappa shape index (κ2) is 29.0. The largest absolute Gasteiger partial charge is 0.500 e. The first-order valence-electron chi connectivity index (χ1n) is 13.4. The molecular weight excluding hydrogens is 600 g/mol. The first kappa shape index (κ1) is 46.8. The van der Waals surface area contributed by atoms with Crippen LogP contribution in [0.15, 0.2) is 33.8 Å². The van der Waals surface area contributed by atoms with E-state index in [2.05, 4.69) is 20.0 Å². The van der Waals surface area contributed by atoms with Gasteiger partial charge in [0, 0.05) is 30.1 Å². The monoisotopic (exact) mass is 644 g/mol. The molecule has 0 radical (unpaired) electrons. The Balaban J connectivity index is -0.000000253. The molecule has 0 bridgehead atoms. The number of aromatic amines is 3. The van der Waals surface area contributed by atoms with Crippen molar-refractivity contribution in [1.29, 1.82) is 0 Å². The summed E-state index contributed by atoms with van der Waals surface area (Å²) in [5.41, 5.74) is 0.510. The van der Waals surface area contributed by atoms with Gasteiger partial charge >= 0.3 is 24.4 Å². The molecule has 0 saturated heterocycles. The van der Waals surface area contributed by atoms with Gasteiger partial charge in [0.2, 0.25) is 0 Å². The number of ketones is 1. The molecule has 0 fully saturated rings. The number of aliphatic hydroxyl groups is 1. The smallest absolute Gasteiger partial charge is 0.433 e. The Bertz CT molecular complexity index is 1300. The first-order chi connectivity index (χ1) is 21.0. The van der Waals surface area contributed by atoms with Crippen LogP contribution in [0.5, 0.6) is 0 Å². The molecule has 2 rings (SSSR count). The number of aromatic nitrogens is 4. The topological polar surface area (TPSA) is 254 Å². The maximum absolute atomic E-state index is 11.5. The number of Topliss-reactive ketones (excluding diaryl/α,β-unsaturated/α-hetero) is 1. The van der Waals surface area contributed by atoms with E-state index in [0.717, 1.165) is 22.9 Å². The third kappa shape index (κ3) is 26.3. The van der Waals surface area contributed by atoms with Crippen LogP contribution in [0.2, 0.25) is 0 Å². The van der Waals surface area contributed by atoms with Crippen LogP contribution in [0.25, 0.3) is 0 Å². The number of rotatable bonds is 7. The average Bonchev–Trinajstić information content (AvgIpc) is 3.54. The Morgan fingerprint density at radius 1 is 0.911 bits per heavy atom. The zero-order valence-corrected chi connectivity index (χ0v) is 27.1. The van der Waals surface area contributed by atoms with Crippen LogP contribution in [0, 0.1) is 0 Å². The van der Waals surface area contributed by atoms with Crippen molar-refractivity contribution in [3.8, 4) is 0 Å². The fraction of sp³-hybridized carbons (Fsp3) is 0.536. The van der Waals surface area contributed by atoms with E-state index in [1.807, 2.05) is 13.8 Å². The fourth-order valence-corrected chi connectivity index (χ4v) is 2.34. The molecule has 0 amide bonds. The number of carbonyl (C=O) groups excluding carboxylic acids is 7. The Hall–Kier alpha value is -5.11. The maximum Gasteiger partial charge on any atom is 0.433 e. The van der Waals surface area contributed by atoms with E-state index in [1.165, 1.54) is 13.1 Å². The number of esters is 1. The summed E-state index contributed by atoms with van der Waals surface area (Å²) in [7, 11) is 0. The summed E-state index contributed by atoms with van der Waals surface area (Å²) in [6.07, 6.45) is 5.60. The van der Waals surface area contributed by atoms with E-state index in [-0.39, 0.29) is 48.0 Å². The van der Waals surface area contributed by atoms with Gasteiger partial charge in [-0.15, -0.1) is 0 Å². The third-order valence-electron chi connectivity index (χ3n) is 4.12. The van der Waals surface area contributed by atoms with E-state index >= 15 is 0 Å². The van der Waals surface area contributed by atoms with Crippen molar-refractivity contribution in [2.24, 2.45) is 0 Å². The number of hydrogen-bond acceptors (Lipinski definition) is 13. The van der Waals surface area contributed by atoms with Gasteiger partial charge in [0.05, 0.1) is 13.2 Å². The molecule has 17 nitrogen and oxygen atoms in total. The van der Waals surface area contributed by atoms with Crippen molar-refractivity contribution >= 4 is 30.1 Å². The van der Waals surface area contributed by atoms with Crippen LogP contribution < -0.4 is 11.1 Å². The summed E-state index contributed by atoms with van der Waals surface area (Å²) in [5.74, 6) is -0.990. The lowest BCUT2D eigenvalue weighted by molar-refractivity contribution is -0.193. The van der Waals surface area contributed by atoms with E-state index in [1.54, 1.807) is 47.7 Å². The lowest BCUT2D eigenvalue weighted by Crippen LogP contribution is -2.28. The van der Waals surface area contributed by atoms with E-state index < -0.39 is 17.7 Å². The second-order valence-electron chi connectivity index (χ2n) is 8.67. The zero-order chi connectivity index (χ0) is 36.0. The van der Waals surface area contributed by atoms with Gasteiger partial charge in [0.15, 0.2) is 5.78 Å². The van der Waals surface area contributed by atoms with Crippen molar-refractivity contribution in [3.05, 3.63) is 56.1 Å². The molecule has 0 aliphatic carbocycles. The number of aliphatic hydroxyl groups excluding tert-OH is 1. The lowest BCUT2D eigenvalue weighted by Gasteiger charge is -2.18. The highest BCUT2D eigenvalue weighted by molar-refractivity contribution is 6.16. The number of hydrogen-bond donors (Lipinski definition) is 4. The number of nitrogens with zero attached hydrogens (tertiary/aromatic N) is 1. The Labute approximate surface area is 259 Å². The van der Waals surface area contributed by atoms with Crippen molar-refractivity contribution in [2.45, 2.75) is 80.8 Å².